The summed E-state index contributed by atoms with van der Waals surface area (Å²) in [5.41, 5.74) is 2.51. The number of amides is 1. The van der Waals surface area contributed by atoms with Crippen LogP contribution in [0.1, 0.15) is 53.8 Å². The summed E-state index contributed by atoms with van der Waals surface area (Å²) < 4.78 is 5.83. The van der Waals surface area contributed by atoms with Crippen LogP contribution in [0.5, 0.6) is 5.75 Å². The zero-order chi connectivity index (χ0) is 17.6. The van der Waals surface area contributed by atoms with Gasteiger partial charge in [-0.25, -0.2) is 0 Å². The summed E-state index contributed by atoms with van der Waals surface area (Å²) >= 11 is 0. The van der Waals surface area contributed by atoms with Crippen LogP contribution < -0.4 is 4.74 Å². The minimum Gasteiger partial charge on any atom is -0.489 e. The first kappa shape index (κ1) is 17.5. The molecule has 0 aromatic heterocycles. The molecule has 1 unspecified atom stereocenters. The van der Waals surface area contributed by atoms with Crippen molar-refractivity contribution in [3.63, 3.8) is 0 Å². The molecule has 1 saturated heterocycles. The van der Waals surface area contributed by atoms with Crippen LogP contribution in [0, 0.1) is 0 Å². The standard InChI is InChI=1S/C21H25NO3/c1-16(23)18-8-6-10-20(14-18)25-15-17-7-5-9-19(13-17)21(24)22-11-3-2-4-12-22/h5-10,13-14,16,23H,2-4,11-12,15H2,1H3. The van der Waals surface area contributed by atoms with E-state index in [0.717, 1.165) is 42.6 Å². The molecule has 2 aromatic carbocycles. The average molecular weight is 339 g/mol. The van der Waals surface area contributed by atoms with Crippen molar-refractivity contribution in [1.82, 2.24) is 4.90 Å². The number of nitrogens with zero attached hydrogens (tertiary/aromatic N) is 1. The Balaban J connectivity index is 1.65. The molecule has 3 rings (SSSR count). The van der Waals surface area contributed by atoms with Crippen LogP contribution in [-0.4, -0.2) is 29.0 Å². The van der Waals surface area contributed by atoms with Crippen LogP contribution in [0.4, 0.5) is 0 Å². The van der Waals surface area contributed by atoms with E-state index in [2.05, 4.69) is 0 Å². The Morgan fingerprint density at radius 3 is 2.64 bits per heavy atom. The zero-order valence-electron chi connectivity index (χ0n) is 14.6. The molecule has 2 aromatic rings. The maximum absolute atomic E-state index is 12.6. The van der Waals surface area contributed by atoms with Crippen molar-refractivity contribution in [2.24, 2.45) is 0 Å². The summed E-state index contributed by atoms with van der Waals surface area (Å²) in [6.07, 6.45) is 2.87. The van der Waals surface area contributed by atoms with Crippen molar-refractivity contribution in [2.75, 3.05) is 13.1 Å². The summed E-state index contributed by atoms with van der Waals surface area (Å²) in [6.45, 7) is 3.83. The van der Waals surface area contributed by atoms with Gasteiger partial charge in [-0.15, -0.1) is 0 Å². The van der Waals surface area contributed by atoms with Crippen LogP contribution in [0.3, 0.4) is 0 Å². The van der Waals surface area contributed by atoms with E-state index in [-0.39, 0.29) is 5.91 Å². The maximum Gasteiger partial charge on any atom is 0.253 e. The predicted molar refractivity (Wildman–Crippen MR) is 97.6 cm³/mol. The van der Waals surface area contributed by atoms with Crippen molar-refractivity contribution >= 4 is 5.91 Å². The molecule has 1 fully saturated rings. The van der Waals surface area contributed by atoms with E-state index in [9.17, 15) is 9.90 Å². The lowest BCUT2D eigenvalue weighted by atomic mass is 10.1. The molecule has 0 aliphatic carbocycles. The van der Waals surface area contributed by atoms with Gasteiger partial charge in [-0.2, -0.15) is 0 Å². The lowest BCUT2D eigenvalue weighted by Crippen LogP contribution is -2.35. The highest BCUT2D eigenvalue weighted by Gasteiger charge is 2.18. The Morgan fingerprint density at radius 1 is 1.12 bits per heavy atom. The second kappa shape index (κ2) is 8.17. The fourth-order valence-corrected chi connectivity index (χ4v) is 3.10. The van der Waals surface area contributed by atoms with E-state index >= 15 is 0 Å². The smallest absolute Gasteiger partial charge is 0.253 e. The second-order valence-electron chi connectivity index (χ2n) is 6.59. The normalized spacial score (nSPS) is 15.7. The Kier molecular flexibility index (Phi) is 5.71. The SMILES string of the molecule is CC(O)c1cccc(OCc2cccc(C(=O)N3CCCCC3)c2)c1. The number of carbonyl (C=O) groups excluding carboxylic acids is 1. The predicted octanol–water partition coefficient (Wildman–Crippen LogP) is 3.95. The fourth-order valence-electron chi connectivity index (χ4n) is 3.10. The van der Waals surface area contributed by atoms with Gasteiger partial charge in [0.15, 0.2) is 0 Å². The molecule has 132 valence electrons. The lowest BCUT2D eigenvalue weighted by molar-refractivity contribution is 0.0724. The molecule has 4 nitrogen and oxygen atoms in total. The van der Waals surface area contributed by atoms with Crippen molar-refractivity contribution in [3.8, 4) is 5.75 Å². The minimum absolute atomic E-state index is 0.109. The third-order valence-electron chi connectivity index (χ3n) is 4.56. The molecule has 0 bridgehead atoms. The van der Waals surface area contributed by atoms with Gasteiger partial charge in [-0.3, -0.25) is 4.79 Å². The number of piperidine rings is 1. The van der Waals surface area contributed by atoms with Gasteiger partial charge in [0.2, 0.25) is 0 Å². The molecule has 1 heterocycles. The van der Waals surface area contributed by atoms with Gasteiger partial charge in [0.25, 0.3) is 5.91 Å². The van der Waals surface area contributed by atoms with Crippen molar-refractivity contribution in [3.05, 3.63) is 65.2 Å². The summed E-state index contributed by atoms with van der Waals surface area (Å²) in [5.74, 6) is 0.823. The molecule has 1 atom stereocenters. The Morgan fingerprint density at radius 2 is 1.88 bits per heavy atom. The van der Waals surface area contributed by atoms with E-state index in [1.165, 1.54) is 6.42 Å². The minimum atomic E-state index is -0.519. The summed E-state index contributed by atoms with van der Waals surface area (Å²) in [7, 11) is 0. The van der Waals surface area contributed by atoms with Crippen molar-refractivity contribution < 1.29 is 14.6 Å². The van der Waals surface area contributed by atoms with Gasteiger partial charge < -0.3 is 14.7 Å². The topological polar surface area (TPSA) is 49.8 Å². The van der Waals surface area contributed by atoms with Gasteiger partial charge in [-0.1, -0.05) is 24.3 Å². The lowest BCUT2D eigenvalue weighted by Gasteiger charge is -2.26. The second-order valence-corrected chi connectivity index (χ2v) is 6.59. The van der Waals surface area contributed by atoms with E-state index in [1.54, 1.807) is 6.92 Å². The zero-order valence-corrected chi connectivity index (χ0v) is 14.6. The Bertz CT molecular complexity index is 721. The highest BCUT2D eigenvalue weighted by molar-refractivity contribution is 5.94. The highest BCUT2D eigenvalue weighted by atomic mass is 16.5. The first-order valence-electron chi connectivity index (χ1n) is 8.92. The van der Waals surface area contributed by atoms with E-state index in [0.29, 0.717) is 12.4 Å². The van der Waals surface area contributed by atoms with Gasteiger partial charge in [0, 0.05) is 18.7 Å². The molecule has 0 spiro atoms. The number of rotatable bonds is 5. The Hall–Kier alpha value is -2.33. The number of carbonyl (C=O) groups is 1. The van der Waals surface area contributed by atoms with Crippen LogP contribution in [-0.2, 0) is 6.61 Å². The number of aliphatic hydroxyl groups excluding tert-OH is 1. The number of ether oxygens (including phenoxy) is 1. The first-order chi connectivity index (χ1) is 12.1. The van der Waals surface area contributed by atoms with Crippen LogP contribution in [0.15, 0.2) is 48.5 Å². The molecule has 4 heteroatoms. The quantitative estimate of drug-likeness (QED) is 0.897. The molecule has 25 heavy (non-hydrogen) atoms. The molecule has 0 radical (unpaired) electrons. The van der Waals surface area contributed by atoms with Gasteiger partial charge in [0.05, 0.1) is 6.10 Å². The van der Waals surface area contributed by atoms with Crippen LogP contribution in [0.25, 0.3) is 0 Å². The summed E-state index contributed by atoms with van der Waals surface area (Å²) in [5, 5.41) is 9.66. The Labute approximate surface area is 149 Å². The van der Waals surface area contributed by atoms with Crippen LogP contribution in [0.2, 0.25) is 0 Å². The average Bonchev–Trinajstić information content (AvgIpc) is 2.67. The van der Waals surface area contributed by atoms with Crippen molar-refractivity contribution in [2.45, 2.75) is 38.9 Å². The van der Waals surface area contributed by atoms with E-state index < -0.39 is 6.10 Å². The summed E-state index contributed by atoms with van der Waals surface area (Å²) in [6, 6.07) is 15.1. The summed E-state index contributed by atoms with van der Waals surface area (Å²) in [4.78, 5) is 14.5. The van der Waals surface area contributed by atoms with Gasteiger partial charge in [-0.05, 0) is 61.6 Å². The molecular formula is C21H25NO3. The molecule has 1 N–H and O–H groups in total. The largest absolute Gasteiger partial charge is 0.489 e. The third kappa shape index (κ3) is 4.60. The molecular weight excluding hydrogens is 314 g/mol. The first-order valence-corrected chi connectivity index (χ1v) is 8.92. The van der Waals surface area contributed by atoms with E-state index in [1.807, 2.05) is 53.4 Å². The molecule has 0 saturated carbocycles. The van der Waals surface area contributed by atoms with Crippen molar-refractivity contribution in [1.29, 1.82) is 0 Å². The number of hydrogen-bond donors (Lipinski definition) is 1. The van der Waals surface area contributed by atoms with Gasteiger partial charge >= 0.3 is 0 Å². The monoisotopic (exact) mass is 339 g/mol. The number of aliphatic hydroxyl groups is 1. The van der Waals surface area contributed by atoms with Gasteiger partial charge in [0.1, 0.15) is 12.4 Å². The third-order valence-corrected chi connectivity index (χ3v) is 4.56. The number of benzene rings is 2. The van der Waals surface area contributed by atoms with E-state index in [4.69, 9.17) is 4.74 Å². The number of hydrogen-bond acceptors (Lipinski definition) is 3. The number of likely N-dealkylation sites (tertiary alicyclic amines) is 1. The maximum atomic E-state index is 12.6. The highest BCUT2D eigenvalue weighted by Crippen LogP contribution is 2.20. The molecule has 1 aliphatic rings. The van der Waals surface area contributed by atoms with Crippen LogP contribution >= 0.6 is 0 Å². The molecule has 1 aliphatic heterocycles. The fraction of sp³-hybridized carbons (Fsp3) is 0.381. The molecule has 1 amide bonds.